The number of benzene rings is 1. The standard InChI is InChI=1S/C14H17N3O2/c15-14-12-3-4-16-7-10(12)1-2-13(14)17-5-6-19-11(8-17)9-18/h1-4,7,11,18H,5-6,8-9,15H2. The Morgan fingerprint density at radius 3 is 3.16 bits per heavy atom. The van der Waals surface area contributed by atoms with Gasteiger partial charge in [-0.3, -0.25) is 4.98 Å². The first-order valence-electron chi connectivity index (χ1n) is 6.39. The third-order valence-electron chi connectivity index (χ3n) is 3.52. The average molecular weight is 259 g/mol. The number of anilines is 2. The van der Waals surface area contributed by atoms with Crippen LogP contribution in [0.3, 0.4) is 0 Å². The summed E-state index contributed by atoms with van der Waals surface area (Å²) in [6.45, 7) is 2.10. The average Bonchev–Trinajstić information content (AvgIpc) is 2.48. The molecule has 0 saturated carbocycles. The van der Waals surface area contributed by atoms with Crippen molar-refractivity contribution in [3.8, 4) is 0 Å². The minimum atomic E-state index is -0.138. The zero-order valence-electron chi connectivity index (χ0n) is 10.6. The number of nitrogens with zero attached hydrogens (tertiary/aromatic N) is 2. The Morgan fingerprint density at radius 2 is 2.32 bits per heavy atom. The van der Waals surface area contributed by atoms with Crippen molar-refractivity contribution < 1.29 is 9.84 Å². The molecular formula is C14H17N3O2. The van der Waals surface area contributed by atoms with Crippen LogP contribution < -0.4 is 10.6 Å². The minimum absolute atomic E-state index is 0.0356. The molecule has 100 valence electrons. The molecule has 0 radical (unpaired) electrons. The summed E-state index contributed by atoms with van der Waals surface area (Å²) in [7, 11) is 0. The summed E-state index contributed by atoms with van der Waals surface area (Å²) < 4.78 is 5.46. The second-order valence-corrected chi connectivity index (χ2v) is 4.72. The summed E-state index contributed by atoms with van der Waals surface area (Å²) in [6.07, 6.45) is 3.42. The second kappa shape index (κ2) is 5.03. The van der Waals surface area contributed by atoms with Gasteiger partial charge in [0.1, 0.15) is 0 Å². The van der Waals surface area contributed by atoms with Crippen LogP contribution in [0.25, 0.3) is 10.8 Å². The summed E-state index contributed by atoms with van der Waals surface area (Å²) >= 11 is 0. The molecule has 1 aromatic heterocycles. The van der Waals surface area contributed by atoms with Crippen LogP contribution in [-0.2, 0) is 4.74 Å². The third kappa shape index (κ3) is 2.22. The number of rotatable bonds is 2. The molecule has 1 saturated heterocycles. The van der Waals surface area contributed by atoms with E-state index in [4.69, 9.17) is 10.5 Å². The smallest absolute Gasteiger partial charge is 0.0980 e. The lowest BCUT2D eigenvalue weighted by molar-refractivity contribution is 0.00361. The van der Waals surface area contributed by atoms with Crippen molar-refractivity contribution in [2.75, 3.05) is 36.9 Å². The first-order chi connectivity index (χ1) is 9.29. The molecular weight excluding hydrogens is 242 g/mol. The lowest BCUT2D eigenvalue weighted by atomic mass is 10.1. The molecule has 5 heteroatoms. The molecule has 1 aliphatic rings. The summed E-state index contributed by atoms with van der Waals surface area (Å²) in [5.41, 5.74) is 8.03. The number of aromatic nitrogens is 1. The van der Waals surface area contributed by atoms with E-state index in [0.29, 0.717) is 13.2 Å². The van der Waals surface area contributed by atoms with Crippen LogP contribution in [0.15, 0.2) is 30.6 Å². The number of nitrogen functional groups attached to an aromatic ring is 1. The van der Waals surface area contributed by atoms with Crippen LogP contribution in [0.4, 0.5) is 11.4 Å². The molecule has 1 fully saturated rings. The molecule has 0 bridgehead atoms. The number of hydrogen-bond donors (Lipinski definition) is 2. The highest BCUT2D eigenvalue weighted by Gasteiger charge is 2.21. The molecule has 1 aliphatic heterocycles. The molecule has 19 heavy (non-hydrogen) atoms. The van der Waals surface area contributed by atoms with Crippen molar-refractivity contribution in [1.29, 1.82) is 0 Å². The molecule has 1 unspecified atom stereocenters. The predicted octanol–water partition coefficient (Wildman–Crippen LogP) is 1.01. The number of pyridine rings is 1. The van der Waals surface area contributed by atoms with E-state index in [1.165, 1.54) is 0 Å². The van der Waals surface area contributed by atoms with Crippen molar-refractivity contribution in [2.45, 2.75) is 6.10 Å². The fourth-order valence-electron chi connectivity index (χ4n) is 2.51. The van der Waals surface area contributed by atoms with Gasteiger partial charge < -0.3 is 20.5 Å². The normalized spacial score (nSPS) is 19.8. The molecule has 2 aromatic rings. The maximum absolute atomic E-state index is 9.21. The maximum Gasteiger partial charge on any atom is 0.0980 e. The van der Waals surface area contributed by atoms with Crippen LogP contribution in [0.2, 0.25) is 0 Å². The van der Waals surface area contributed by atoms with Gasteiger partial charge in [0.25, 0.3) is 0 Å². The second-order valence-electron chi connectivity index (χ2n) is 4.72. The number of ether oxygens (including phenoxy) is 1. The van der Waals surface area contributed by atoms with Gasteiger partial charge in [-0.25, -0.2) is 0 Å². The van der Waals surface area contributed by atoms with Crippen molar-refractivity contribution in [2.24, 2.45) is 0 Å². The topological polar surface area (TPSA) is 71.6 Å². The van der Waals surface area contributed by atoms with Crippen LogP contribution in [0, 0.1) is 0 Å². The van der Waals surface area contributed by atoms with E-state index < -0.39 is 0 Å². The van der Waals surface area contributed by atoms with Crippen LogP contribution >= 0.6 is 0 Å². The summed E-state index contributed by atoms with van der Waals surface area (Å²) in [4.78, 5) is 6.27. The van der Waals surface area contributed by atoms with Gasteiger partial charge in [0, 0.05) is 36.3 Å². The number of morpholine rings is 1. The minimum Gasteiger partial charge on any atom is -0.397 e. The highest BCUT2D eigenvalue weighted by molar-refractivity contribution is 5.98. The molecule has 3 N–H and O–H groups in total. The van der Waals surface area contributed by atoms with Crippen LogP contribution in [0.5, 0.6) is 0 Å². The van der Waals surface area contributed by atoms with Gasteiger partial charge >= 0.3 is 0 Å². The van der Waals surface area contributed by atoms with E-state index in [1.54, 1.807) is 6.20 Å². The van der Waals surface area contributed by atoms with E-state index in [-0.39, 0.29) is 12.7 Å². The number of hydrogen-bond acceptors (Lipinski definition) is 5. The van der Waals surface area contributed by atoms with Crippen molar-refractivity contribution in [1.82, 2.24) is 4.98 Å². The third-order valence-corrected chi connectivity index (χ3v) is 3.52. The van der Waals surface area contributed by atoms with Gasteiger partial charge in [0.05, 0.1) is 30.7 Å². The number of aliphatic hydroxyl groups excluding tert-OH is 1. The largest absolute Gasteiger partial charge is 0.397 e. The quantitative estimate of drug-likeness (QED) is 0.788. The zero-order chi connectivity index (χ0) is 13.2. The Labute approximate surface area is 111 Å². The zero-order valence-corrected chi connectivity index (χ0v) is 10.6. The first-order valence-corrected chi connectivity index (χ1v) is 6.39. The monoisotopic (exact) mass is 259 g/mol. The van der Waals surface area contributed by atoms with Crippen molar-refractivity contribution in [3.05, 3.63) is 30.6 Å². The Morgan fingerprint density at radius 1 is 1.42 bits per heavy atom. The van der Waals surface area contributed by atoms with Crippen molar-refractivity contribution in [3.63, 3.8) is 0 Å². The lowest BCUT2D eigenvalue weighted by Gasteiger charge is -2.34. The summed E-state index contributed by atoms with van der Waals surface area (Å²) in [6, 6.07) is 5.97. The van der Waals surface area contributed by atoms with Gasteiger partial charge in [-0.2, -0.15) is 0 Å². The molecule has 0 amide bonds. The van der Waals surface area contributed by atoms with Gasteiger partial charge in [-0.05, 0) is 12.1 Å². The number of fused-ring (bicyclic) bond motifs is 1. The maximum atomic E-state index is 9.21. The predicted molar refractivity (Wildman–Crippen MR) is 75.2 cm³/mol. The van der Waals surface area contributed by atoms with Crippen LogP contribution in [-0.4, -0.2) is 42.5 Å². The fraction of sp³-hybridized carbons (Fsp3) is 0.357. The Hall–Kier alpha value is -1.85. The first kappa shape index (κ1) is 12.2. The Kier molecular flexibility index (Phi) is 3.23. The Bertz CT molecular complexity index is 588. The van der Waals surface area contributed by atoms with Crippen molar-refractivity contribution >= 4 is 22.1 Å². The molecule has 1 atom stereocenters. The molecule has 2 heterocycles. The van der Waals surface area contributed by atoms with E-state index in [0.717, 1.165) is 28.7 Å². The van der Waals surface area contributed by atoms with Gasteiger partial charge in [0.2, 0.25) is 0 Å². The van der Waals surface area contributed by atoms with E-state index in [1.807, 2.05) is 24.4 Å². The summed E-state index contributed by atoms with van der Waals surface area (Å²) in [5.74, 6) is 0. The van der Waals surface area contributed by atoms with E-state index in [9.17, 15) is 5.11 Å². The van der Waals surface area contributed by atoms with Gasteiger partial charge in [-0.1, -0.05) is 6.07 Å². The molecule has 0 spiro atoms. The highest BCUT2D eigenvalue weighted by Crippen LogP contribution is 2.31. The molecule has 1 aromatic carbocycles. The Balaban J connectivity index is 1.98. The molecule has 5 nitrogen and oxygen atoms in total. The number of aliphatic hydroxyl groups is 1. The fourth-order valence-corrected chi connectivity index (χ4v) is 2.51. The SMILES string of the molecule is Nc1c(N2CCOC(CO)C2)ccc2cnccc12. The van der Waals surface area contributed by atoms with Crippen LogP contribution in [0.1, 0.15) is 0 Å². The van der Waals surface area contributed by atoms with Gasteiger partial charge in [0.15, 0.2) is 0 Å². The molecule has 0 aliphatic carbocycles. The van der Waals surface area contributed by atoms with E-state index in [2.05, 4.69) is 9.88 Å². The summed E-state index contributed by atoms with van der Waals surface area (Å²) in [5, 5.41) is 11.3. The lowest BCUT2D eigenvalue weighted by Crippen LogP contribution is -2.44. The van der Waals surface area contributed by atoms with E-state index >= 15 is 0 Å². The number of nitrogens with two attached hydrogens (primary N) is 1. The molecule has 3 rings (SSSR count). The highest BCUT2D eigenvalue weighted by atomic mass is 16.5. The van der Waals surface area contributed by atoms with Gasteiger partial charge in [-0.15, -0.1) is 0 Å².